The fourth-order valence-electron chi connectivity index (χ4n) is 2.18. The van der Waals surface area contributed by atoms with Crippen molar-refractivity contribution in [2.75, 3.05) is 33.4 Å². The minimum absolute atomic E-state index is 0.123. The molecule has 1 atom stereocenters. The first kappa shape index (κ1) is 18.7. The van der Waals surface area contributed by atoms with Crippen LogP contribution >= 0.6 is 0 Å². The Labute approximate surface area is 145 Å². The van der Waals surface area contributed by atoms with Crippen LogP contribution in [0.1, 0.15) is 23.2 Å². The molecule has 0 spiro atoms. The van der Waals surface area contributed by atoms with Crippen LogP contribution in [0.4, 0.5) is 0 Å². The van der Waals surface area contributed by atoms with Gasteiger partial charge in [0.05, 0.1) is 18.2 Å². The first-order valence-electron chi connectivity index (χ1n) is 8.07. The Bertz CT molecular complexity index is 596. The van der Waals surface area contributed by atoms with Crippen LogP contribution in [0.5, 0.6) is 5.75 Å². The van der Waals surface area contributed by atoms with Gasteiger partial charge in [0.15, 0.2) is 6.61 Å². The van der Waals surface area contributed by atoms with Crippen molar-refractivity contribution in [3.63, 3.8) is 0 Å². The fraction of sp³-hybridized carbons (Fsp3) is 0.471. The average molecular weight is 350 g/mol. The molecule has 2 rings (SSSR count). The van der Waals surface area contributed by atoms with Gasteiger partial charge in [-0.3, -0.25) is 9.59 Å². The summed E-state index contributed by atoms with van der Waals surface area (Å²) in [5.74, 6) is -0.872. The van der Waals surface area contributed by atoms with Crippen molar-refractivity contribution in [1.82, 2.24) is 10.6 Å². The maximum Gasteiger partial charge on any atom is 0.338 e. The van der Waals surface area contributed by atoms with E-state index in [9.17, 15) is 14.4 Å². The molecule has 0 radical (unpaired) electrons. The molecule has 8 nitrogen and oxygen atoms in total. The van der Waals surface area contributed by atoms with Crippen LogP contribution in [0, 0.1) is 0 Å². The summed E-state index contributed by atoms with van der Waals surface area (Å²) >= 11 is 0. The highest BCUT2D eigenvalue weighted by molar-refractivity contribution is 5.92. The quantitative estimate of drug-likeness (QED) is 0.652. The third-order valence-electron chi connectivity index (χ3n) is 3.61. The van der Waals surface area contributed by atoms with E-state index in [1.165, 1.54) is 7.05 Å². The molecule has 1 saturated heterocycles. The normalized spacial score (nSPS) is 16.1. The molecule has 2 N–H and O–H groups in total. The standard InChI is InChI=1S/C17H22N2O6/c1-18-15(20)9-19-16(21)11-25-17(22)12-4-6-13(7-5-12)24-10-14-3-2-8-23-14/h4-7,14H,2-3,8-11H2,1H3,(H,18,20)(H,19,21)/t14-/m0/s1. The van der Waals surface area contributed by atoms with E-state index in [0.29, 0.717) is 17.9 Å². The fourth-order valence-corrected chi connectivity index (χ4v) is 2.18. The number of benzene rings is 1. The topological polar surface area (TPSA) is 103 Å². The highest BCUT2D eigenvalue weighted by atomic mass is 16.5. The molecule has 1 aliphatic heterocycles. The highest BCUT2D eigenvalue weighted by Gasteiger charge is 2.16. The van der Waals surface area contributed by atoms with Crippen molar-refractivity contribution in [3.05, 3.63) is 29.8 Å². The number of esters is 1. The molecule has 0 aliphatic carbocycles. The third-order valence-corrected chi connectivity index (χ3v) is 3.61. The van der Waals surface area contributed by atoms with E-state index in [4.69, 9.17) is 14.2 Å². The number of likely N-dealkylation sites (N-methyl/N-ethyl adjacent to an activating group) is 1. The molecule has 1 aromatic rings. The molecule has 8 heteroatoms. The predicted octanol–water partition coefficient (Wildman–Crippen LogP) is 0.263. The summed E-state index contributed by atoms with van der Waals surface area (Å²) < 4.78 is 16.0. The minimum atomic E-state index is -0.624. The first-order chi connectivity index (χ1) is 12.1. The number of rotatable bonds is 8. The van der Waals surface area contributed by atoms with Crippen LogP contribution in [-0.4, -0.2) is 57.3 Å². The number of amides is 2. The molecule has 1 heterocycles. The third kappa shape index (κ3) is 6.42. The van der Waals surface area contributed by atoms with E-state index < -0.39 is 18.5 Å². The van der Waals surface area contributed by atoms with Gasteiger partial charge in [0, 0.05) is 13.7 Å². The number of ether oxygens (including phenoxy) is 3. The Morgan fingerprint density at radius 2 is 1.96 bits per heavy atom. The summed E-state index contributed by atoms with van der Waals surface area (Å²) in [6.07, 6.45) is 2.17. The molecule has 0 unspecified atom stereocenters. The average Bonchev–Trinajstić information content (AvgIpc) is 3.16. The summed E-state index contributed by atoms with van der Waals surface area (Å²) in [6.45, 7) is 0.640. The molecule has 1 fully saturated rings. The van der Waals surface area contributed by atoms with Crippen LogP contribution < -0.4 is 15.4 Å². The van der Waals surface area contributed by atoms with E-state index >= 15 is 0 Å². The van der Waals surface area contributed by atoms with Crippen LogP contribution in [0.2, 0.25) is 0 Å². The smallest absolute Gasteiger partial charge is 0.338 e. The Hall–Kier alpha value is -2.61. The van der Waals surface area contributed by atoms with Crippen LogP contribution in [-0.2, 0) is 19.1 Å². The molecule has 136 valence electrons. The molecule has 1 aliphatic rings. The summed E-state index contributed by atoms with van der Waals surface area (Å²) in [7, 11) is 1.46. The molecular weight excluding hydrogens is 328 g/mol. The van der Waals surface area contributed by atoms with Gasteiger partial charge >= 0.3 is 5.97 Å². The van der Waals surface area contributed by atoms with Gasteiger partial charge in [0.25, 0.3) is 5.91 Å². The lowest BCUT2D eigenvalue weighted by atomic mass is 10.2. The summed E-state index contributed by atoms with van der Waals surface area (Å²) in [4.78, 5) is 34.3. The van der Waals surface area contributed by atoms with E-state index in [1.807, 2.05) is 0 Å². The van der Waals surface area contributed by atoms with Crippen molar-refractivity contribution in [3.8, 4) is 5.75 Å². The predicted molar refractivity (Wildman–Crippen MR) is 88.3 cm³/mol. The van der Waals surface area contributed by atoms with Crippen molar-refractivity contribution in [2.24, 2.45) is 0 Å². The molecule has 0 aromatic heterocycles. The zero-order valence-corrected chi connectivity index (χ0v) is 14.1. The Morgan fingerprint density at radius 3 is 2.60 bits per heavy atom. The van der Waals surface area contributed by atoms with Crippen molar-refractivity contribution in [2.45, 2.75) is 18.9 Å². The Balaban J connectivity index is 1.72. The monoisotopic (exact) mass is 350 g/mol. The minimum Gasteiger partial charge on any atom is -0.491 e. The van der Waals surface area contributed by atoms with Crippen molar-refractivity contribution in [1.29, 1.82) is 0 Å². The zero-order valence-electron chi connectivity index (χ0n) is 14.1. The molecule has 2 amide bonds. The van der Waals surface area contributed by atoms with Gasteiger partial charge in [-0.1, -0.05) is 0 Å². The van der Waals surface area contributed by atoms with Gasteiger partial charge in [-0.2, -0.15) is 0 Å². The van der Waals surface area contributed by atoms with Gasteiger partial charge in [0.2, 0.25) is 5.91 Å². The molecule has 1 aromatic carbocycles. The number of hydrogen-bond acceptors (Lipinski definition) is 6. The SMILES string of the molecule is CNC(=O)CNC(=O)COC(=O)c1ccc(OC[C@@H]2CCCO2)cc1. The lowest BCUT2D eigenvalue weighted by Crippen LogP contribution is -2.37. The molecule has 0 bridgehead atoms. The molecular formula is C17H22N2O6. The van der Waals surface area contributed by atoms with Gasteiger partial charge < -0.3 is 24.8 Å². The van der Waals surface area contributed by atoms with E-state index in [2.05, 4.69) is 10.6 Å². The number of carbonyl (C=O) groups is 3. The zero-order chi connectivity index (χ0) is 18.1. The van der Waals surface area contributed by atoms with Gasteiger partial charge in [-0.05, 0) is 37.1 Å². The Kier molecular flexibility index (Phi) is 7.21. The second-order valence-corrected chi connectivity index (χ2v) is 5.50. The lowest BCUT2D eigenvalue weighted by molar-refractivity contribution is -0.127. The first-order valence-corrected chi connectivity index (χ1v) is 8.07. The summed E-state index contributed by atoms with van der Waals surface area (Å²) in [5.41, 5.74) is 0.309. The van der Waals surface area contributed by atoms with Gasteiger partial charge in [0.1, 0.15) is 12.4 Å². The number of carbonyl (C=O) groups excluding carboxylic acids is 3. The Morgan fingerprint density at radius 1 is 1.20 bits per heavy atom. The van der Waals surface area contributed by atoms with Gasteiger partial charge in [-0.25, -0.2) is 4.79 Å². The van der Waals surface area contributed by atoms with E-state index in [-0.39, 0.29) is 18.6 Å². The molecule has 25 heavy (non-hydrogen) atoms. The van der Waals surface area contributed by atoms with Gasteiger partial charge in [-0.15, -0.1) is 0 Å². The van der Waals surface area contributed by atoms with E-state index in [1.54, 1.807) is 24.3 Å². The second kappa shape index (κ2) is 9.63. The molecule has 0 saturated carbocycles. The van der Waals surface area contributed by atoms with Crippen LogP contribution in [0.15, 0.2) is 24.3 Å². The second-order valence-electron chi connectivity index (χ2n) is 5.50. The van der Waals surface area contributed by atoms with Crippen molar-refractivity contribution >= 4 is 17.8 Å². The van der Waals surface area contributed by atoms with E-state index in [0.717, 1.165) is 19.4 Å². The maximum atomic E-state index is 11.9. The summed E-state index contributed by atoms with van der Waals surface area (Å²) in [6, 6.07) is 6.46. The number of nitrogens with one attached hydrogen (secondary N) is 2. The lowest BCUT2D eigenvalue weighted by Gasteiger charge is -2.11. The highest BCUT2D eigenvalue weighted by Crippen LogP contribution is 2.17. The maximum absolute atomic E-state index is 11.9. The van der Waals surface area contributed by atoms with Crippen LogP contribution in [0.3, 0.4) is 0 Å². The summed E-state index contributed by atoms with van der Waals surface area (Å²) in [5, 5.41) is 4.70. The van der Waals surface area contributed by atoms with Crippen molar-refractivity contribution < 1.29 is 28.6 Å². The van der Waals surface area contributed by atoms with Crippen LogP contribution in [0.25, 0.3) is 0 Å². The number of hydrogen-bond donors (Lipinski definition) is 2. The largest absolute Gasteiger partial charge is 0.491 e.